The minimum Gasteiger partial charge on any atom is -0.367 e. The predicted molar refractivity (Wildman–Crippen MR) is 55.3 cm³/mol. The summed E-state index contributed by atoms with van der Waals surface area (Å²) in [6, 6.07) is 6.08. The fraction of sp³-hybridized carbons (Fsp3) is 0.500. The van der Waals surface area contributed by atoms with Crippen LogP contribution in [0.4, 0.5) is 18.9 Å². The first-order valence-corrected chi connectivity index (χ1v) is 5.34. The SMILES string of the molecule is C[C@@]12C[C@@H]1N(c1cccc(C(F)(F)F)c1)C2. The molecule has 4 heteroatoms. The lowest BCUT2D eigenvalue weighted by molar-refractivity contribution is -0.137. The maximum absolute atomic E-state index is 12.5. The second kappa shape index (κ2) is 2.73. The van der Waals surface area contributed by atoms with Gasteiger partial charge < -0.3 is 4.90 Å². The van der Waals surface area contributed by atoms with Gasteiger partial charge in [0.1, 0.15) is 0 Å². The first-order chi connectivity index (χ1) is 7.40. The number of rotatable bonds is 1. The number of nitrogens with zero attached hydrogens (tertiary/aromatic N) is 1. The largest absolute Gasteiger partial charge is 0.416 e. The summed E-state index contributed by atoms with van der Waals surface area (Å²) in [4.78, 5) is 2.06. The Morgan fingerprint density at radius 3 is 2.62 bits per heavy atom. The van der Waals surface area contributed by atoms with E-state index >= 15 is 0 Å². The van der Waals surface area contributed by atoms with Crippen LogP contribution >= 0.6 is 0 Å². The molecule has 2 atom stereocenters. The first kappa shape index (κ1) is 10.00. The Morgan fingerprint density at radius 1 is 1.38 bits per heavy atom. The van der Waals surface area contributed by atoms with E-state index in [0.717, 1.165) is 19.0 Å². The quantitative estimate of drug-likeness (QED) is 0.711. The molecule has 1 aromatic rings. The van der Waals surface area contributed by atoms with Crippen molar-refractivity contribution in [2.45, 2.75) is 25.6 Å². The van der Waals surface area contributed by atoms with Crippen LogP contribution in [-0.4, -0.2) is 12.6 Å². The molecular formula is C12H12F3N. The molecular weight excluding hydrogens is 215 g/mol. The van der Waals surface area contributed by atoms with Gasteiger partial charge in [0.05, 0.1) is 5.56 Å². The van der Waals surface area contributed by atoms with Gasteiger partial charge in [-0.1, -0.05) is 13.0 Å². The van der Waals surface area contributed by atoms with Gasteiger partial charge in [0.2, 0.25) is 0 Å². The van der Waals surface area contributed by atoms with E-state index in [1.807, 2.05) is 0 Å². The van der Waals surface area contributed by atoms with E-state index in [2.05, 4.69) is 11.8 Å². The van der Waals surface area contributed by atoms with Crippen molar-refractivity contribution in [3.8, 4) is 0 Å². The molecule has 0 bridgehead atoms. The van der Waals surface area contributed by atoms with Crippen LogP contribution in [0.5, 0.6) is 0 Å². The summed E-state index contributed by atoms with van der Waals surface area (Å²) in [5.41, 5.74) is 0.530. The van der Waals surface area contributed by atoms with Crippen molar-refractivity contribution in [2.75, 3.05) is 11.4 Å². The highest BCUT2D eigenvalue weighted by molar-refractivity contribution is 5.57. The molecule has 1 saturated carbocycles. The zero-order chi connectivity index (χ0) is 11.6. The van der Waals surface area contributed by atoms with Crippen LogP contribution in [0.2, 0.25) is 0 Å². The van der Waals surface area contributed by atoms with Crippen LogP contribution in [0.15, 0.2) is 24.3 Å². The van der Waals surface area contributed by atoms with Crippen molar-refractivity contribution >= 4 is 5.69 Å². The Bertz CT molecular complexity index is 440. The van der Waals surface area contributed by atoms with Crippen molar-refractivity contribution < 1.29 is 13.2 Å². The summed E-state index contributed by atoms with van der Waals surface area (Å²) in [5.74, 6) is 0. The van der Waals surface area contributed by atoms with Gasteiger partial charge in [-0.05, 0) is 24.6 Å². The molecule has 3 rings (SSSR count). The molecule has 0 radical (unpaired) electrons. The molecule has 2 fully saturated rings. The smallest absolute Gasteiger partial charge is 0.367 e. The van der Waals surface area contributed by atoms with Crippen molar-refractivity contribution in [1.29, 1.82) is 0 Å². The van der Waals surface area contributed by atoms with Crippen LogP contribution in [0, 0.1) is 5.41 Å². The maximum Gasteiger partial charge on any atom is 0.416 e. The Labute approximate surface area is 91.9 Å². The van der Waals surface area contributed by atoms with Gasteiger partial charge in [0.15, 0.2) is 0 Å². The second-order valence-electron chi connectivity index (χ2n) is 5.05. The number of anilines is 1. The second-order valence-corrected chi connectivity index (χ2v) is 5.05. The molecule has 0 aromatic heterocycles. The number of hydrogen-bond acceptors (Lipinski definition) is 1. The van der Waals surface area contributed by atoms with Crippen LogP contribution in [0.3, 0.4) is 0 Å². The standard InChI is InChI=1S/C12H12F3N/c1-11-6-10(11)16(7-11)9-4-2-3-8(5-9)12(13,14)15/h2-5,10H,6-7H2,1H3/t10-,11-/m0/s1. The normalized spacial score (nSPS) is 32.0. The zero-order valence-corrected chi connectivity index (χ0v) is 8.88. The number of hydrogen-bond donors (Lipinski definition) is 0. The van der Waals surface area contributed by atoms with E-state index in [0.29, 0.717) is 17.1 Å². The van der Waals surface area contributed by atoms with E-state index in [-0.39, 0.29) is 0 Å². The van der Waals surface area contributed by atoms with Crippen LogP contribution < -0.4 is 4.90 Å². The molecule has 16 heavy (non-hydrogen) atoms. The molecule has 1 aromatic carbocycles. The molecule has 1 saturated heterocycles. The molecule has 2 aliphatic rings. The number of halogens is 3. The van der Waals surface area contributed by atoms with Gasteiger partial charge in [-0.2, -0.15) is 13.2 Å². The van der Waals surface area contributed by atoms with E-state index in [1.54, 1.807) is 6.07 Å². The van der Waals surface area contributed by atoms with Crippen molar-refractivity contribution in [3.63, 3.8) is 0 Å². The van der Waals surface area contributed by atoms with Gasteiger partial charge in [0, 0.05) is 23.7 Å². The van der Waals surface area contributed by atoms with Crippen LogP contribution in [0.25, 0.3) is 0 Å². The fourth-order valence-electron chi connectivity index (χ4n) is 2.56. The summed E-state index contributed by atoms with van der Waals surface area (Å²) in [6.45, 7) is 3.07. The number of fused-ring (bicyclic) bond motifs is 1. The van der Waals surface area contributed by atoms with Crippen LogP contribution in [0.1, 0.15) is 18.9 Å². The number of benzene rings is 1. The predicted octanol–water partition coefficient (Wildman–Crippen LogP) is 3.30. The zero-order valence-electron chi connectivity index (χ0n) is 8.88. The third-order valence-corrected chi connectivity index (χ3v) is 3.72. The third-order valence-electron chi connectivity index (χ3n) is 3.72. The molecule has 1 nitrogen and oxygen atoms in total. The molecule has 1 heterocycles. The number of alkyl halides is 3. The van der Waals surface area contributed by atoms with Crippen molar-refractivity contribution in [2.24, 2.45) is 5.41 Å². The average molecular weight is 227 g/mol. The lowest BCUT2D eigenvalue weighted by Crippen LogP contribution is -2.45. The summed E-state index contributed by atoms with van der Waals surface area (Å²) in [5, 5.41) is 0. The molecule has 0 N–H and O–H groups in total. The minimum absolute atomic E-state index is 0.383. The fourth-order valence-corrected chi connectivity index (χ4v) is 2.56. The molecule has 0 spiro atoms. The summed E-state index contributed by atoms with van der Waals surface area (Å²) < 4.78 is 37.6. The summed E-state index contributed by atoms with van der Waals surface area (Å²) in [6.07, 6.45) is -3.13. The highest BCUT2D eigenvalue weighted by Gasteiger charge is 2.63. The Morgan fingerprint density at radius 2 is 2.12 bits per heavy atom. The van der Waals surface area contributed by atoms with E-state index < -0.39 is 11.7 Å². The van der Waals surface area contributed by atoms with Gasteiger partial charge in [-0.15, -0.1) is 0 Å². The topological polar surface area (TPSA) is 3.24 Å². The molecule has 0 amide bonds. The first-order valence-electron chi connectivity index (χ1n) is 5.34. The Hall–Kier alpha value is -1.19. The maximum atomic E-state index is 12.5. The molecule has 86 valence electrons. The average Bonchev–Trinajstić information content (AvgIpc) is 2.71. The molecule has 1 aliphatic carbocycles. The highest BCUT2D eigenvalue weighted by Crippen LogP contribution is 2.59. The molecule has 0 unspecified atom stereocenters. The Kier molecular flexibility index (Phi) is 1.71. The lowest BCUT2D eigenvalue weighted by Gasteiger charge is -2.38. The Balaban J connectivity index is 1.87. The summed E-state index contributed by atoms with van der Waals surface area (Å²) in [7, 11) is 0. The van der Waals surface area contributed by atoms with Crippen molar-refractivity contribution in [1.82, 2.24) is 0 Å². The van der Waals surface area contributed by atoms with Gasteiger partial charge in [-0.3, -0.25) is 0 Å². The minimum atomic E-state index is -4.24. The van der Waals surface area contributed by atoms with Crippen molar-refractivity contribution in [3.05, 3.63) is 29.8 Å². The third kappa shape index (κ3) is 1.32. The summed E-state index contributed by atoms with van der Waals surface area (Å²) >= 11 is 0. The van der Waals surface area contributed by atoms with Gasteiger partial charge in [-0.25, -0.2) is 0 Å². The van der Waals surface area contributed by atoms with Crippen LogP contribution in [-0.2, 0) is 6.18 Å². The van der Waals surface area contributed by atoms with E-state index in [9.17, 15) is 13.2 Å². The monoisotopic (exact) mass is 227 g/mol. The van der Waals surface area contributed by atoms with Gasteiger partial charge >= 0.3 is 6.18 Å². The lowest BCUT2D eigenvalue weighted by atomic mass is 10.00. The van der Waals surface area contributed by atoms with E-state index in [4.69, 9.17) is 0 Å². The highest BCUT2D eigenvalue weighted by atomic mass is 19.4. The molecule has 1 aliphatic heterocycles. The van der Waals surface area contributed by atoms with Gasteiger partial charge in [0.25, 0.3) is 0 Å². The van der Waals surface area contributed by atoms with E-state index in [1.165, 1.54) is 12.1 Å².